The second-order valence-corrected chi connectivity index (χ2v) is 6.26. The average molecular weight is 365 g/mol. The molecule has 1 N–H and O–H groups in total. The summed E-state index contributed by atoms with van der Waals surface area (Å²) in [5.74, 6) is -0.768. The molecule has 0 radical (unpaired) electrons. The Kier molecular flexibility index (Phi) is 5.87. The van der Waals surface area contributed by atoms with Crippen molar-refractivity contribution in [2.24, 2.45) is 0 Å². The second kappa shape index (κ2) is 8.13. The highest BCUT2D eigenvalue weighted by Crippen LogP contribution is 2.35. The number of fused-ring (bicyclic) bond motifs is 1. The Morgan fingerprint density at radius 1 is 1.15 bits per heavy atom. The van der Waals surface area contributed by atoms with Crippen molar-refractivity contribution in [2.45, 2.75) is 50.8 Å². The van der Waals surface area contributed by atoms with E-state index < -0.39 is 42.9 Å². The number of hydrogen-bond acceptors (Lipinski definition) is 7. The summed E-state index contributed by atoms with van der Waals surface area (Å²) >= 11 is 0. The molecule has 26 heavy (non-hydrogen) atoms. The van der Waals surface area contributed by atoms with E-state index in [4.69, 9.17) is 23.7 Å². The van der Waals surface area contributed by atoms with Crippen LogP contribution in [0.5, 0.6) is 0 Å². The highest BCUT2D eigenvalue weighted by atomic mass is 16.7. The molecule has 1 aromatic carbocycles. The van der Waals surface area contributed by atoms with E-state index in [9.17, 15) is 9.59 Å². The van der Waals surface area contributed by atoms with E-state index in [1.165, 1.54) is 21.0 Å². The van der Waals surface area contributed by atoms with E-state index in [2.05, 4.69) is 5.32 Å². The minimum absolute atomic E-state index is 0.245. The molecule has 1 aromatic rings. The van der Waals surface area contributed by atoms with Gasteiger partial charge in [0.1, 0.15) is 18.2 Å². The first kappa shape index (κ1) is 18.8. The van der Waals surface area contributed by atoms with Crippen LogP contribution in [0.2, 0.25) is 0 Å². The predicted octanol–water partition coefficient (Wildman–Crippen LogP) is 0.908. The Hall–Kier alpha value is -2.00. The fourth-order valence-electron chi connectivity index (χ4n) is 3.27. The van der Waals surface area contributed by atoms with Gasteiger partial charge >= 0.3 is 5.97 Å². The first-order valence-corrected chi connectivity index (χ1v) is 8.44. The van der Waals surface area contributed by atoms with E-state index in [-0.39, 0.29) is 12.5 Å². The van der Waals surface area contributed by atoms with E-state index in [0.29, 0.717) is 0 Å². The van der Waals surface area contributed by atoms with Gasteiger partial charge in [-0.05, 0) is 0 Å². The maximum atomic E-state index is 11.7. The molecule has 8 heteroatoms. The van der Waals surface area contributed by atoms with E-state index >= 15 is 0 Å². The topological polar surface area (TPSA) is 92.3 Å². The fraction of sp³-hybridized carbons (Fsp3) is 0.556. The van der Waals surface area contributed by atoms with Crippen molar-refractivity contribution in [3.05, 3.63) is 35.9 Å². The molecule has 6 atom stereocenters. The number of benzene rings is 1. The van der Waals surface area contributed by atoms with Crippen molar-refractivity contribution >= 4 is 11.9 Å². The molecule has 2 fully saturated rings. The largest absolute Gasteiger partial charge is 0.457 e. The summed E-state index contributed by atoms with van der Waals surface area (Å²) in [6.45, 7) is 2.93. The molecule has 0 spiro atoms. The summed E-state index contributed by atoms with van der Waals surface area (Å²) in [6.07, 6.45) is -3.27. The Morgan fingerprint density at radius 3 is 2.50 bits per heavy atom. The molecule has 0 aliphatic carbocycles. The van der Waals surface area contributed by atoms with Gasteiger partial charge < -0.3 is 29.0 Å². The number of amides is 1. The Bertz CT molecular complexity index is 638. The second-order valence-electron chi connectivity index (χ2n) is 6.26. The Labute approximate surface area is 151 Å². The van der Waals surface area contributed by atoms with Gasteiger partial charge in [0.25, 0.3) is 0 Å². The standard InChI is InChI=1S/C18H23NO7/c1-10(20)19-14-16(24-11(2)21)15-13(25-18(14)22-3)9-23-17(26-15)12-7-5-4-6-8-12/h4-8,13-18H,9H2,1-3H3,(H,19,20)/t13-,14-,15-,16-,17?,18-/m1/s1. The Morgan fingerprint density at radius 2 is 1.88 bits per heavy atom. The van der Waals surface area contributed by atoms with Crippen LogP contribution in [0.25, 0.3) is 0 Å². The van der Waals surface area contributed by atoms with E-state index in [1.807, 2.05) is 30.3 Å². The molecule has 3 rings (SSSR count). The number of ether oxygens (including phenoxy) is 5. The quantitative estimate of drug-likeness (QED) is 0.793. The third-order valence-electron chi connectivity index (χ3n) is 4.31. The summed E-state index contributed by atoms with van der Waals surface area (Å²) in [7, 11) is 1.46. The summed E-state index contributed by atoms with van der Waals surface area (Å²) < 4.78 is 28.5. The molecule has 8 nitrogen and oxygen atoms in total. The van der Waals surface area contributed by atoms with Gasteiger partial charge in [-0.2, -0.15) is 0 Å². The Balaban J connectivity index is 1.86. The molecule has 142 valence electrons. The van der Waals surface area contributed by atoms with Crippen molar-refractivity contribution < 1.29 is 33.3 Å². The van der Waals surface area contributed by atoms with Gasteiger partial charge in [0.15, 0.2) is 18.7 Å². The molecule has 1 amide bonds. The first-order valence-electron chi connectivity index (χ1n) is 8.44. The molecule has 0 saturated carbocycles. The maximum Gasteiger partial charge on any atom is 0.303 e. The number of carbonyl (C=O) groups excluding carboxylic acids is 2. The van der Waals surface area contributed by atoms with Crippen LogP contribution in [0, 0.1) is 0 Å². The number of rotatable bonds is 4. The highest BCUT2D eigenvalue weighted by Gasteiger charge is 2.52. The summed E-state index contributed by atoms with van der Waals surface area (Å²) in [5.41, 5.74) is 0.845. The summed E-state index contributed by atoms with van der Waals surface area (Å²) in [4.78, 5) is 23.3. The normalized spacial score (nSPS) is 33.8. The van der Waals surface area contributed by atoms with E-state index in [0.717, 1.165) is 5.56 Å². The van der Waals surface area contributed by atoms with Crippen LogP contribution in [-0.4, -0.2) is 56.2 Å². The van der Waals surface area contributed by atoms with Crippen molar-refractivity contribution in [3.63, 3.8) is 0 Å². The zero-order valence-corrected chi connectivity index (χ0v) is 14.9. The molecule has 2 saturated heterocycles. The SMILES string of the molecule is CO[C@@H]1O[C@@H]2COC(c3ccccc3)O[C@H]2[C@H](OC(C)=O)[C@H]1NC(C)=O. The van der Waals surface area contributed by atoms with Crippen LogP contribution in [0.1, 0.15) is 25.7 Å². The van der Waals surface area contributed by atoms with Crippen LogP contribution >= 0.6 is 0 Å². The van der Waals surface area contributed by atoms with Crippen LogP contribution in [-0.2, 0) is 33.3 Å². The summed E-state index contributed by atoms with van der Waals surface area (Å²) in [5, 5.41) is 2.74. The van der Waals surface area contributed by atoms with Crippen molar-refractivity contribution in [2.75, 3.05) is 13.7 Å². The van der Waals surface area contributed by atoms with Gasteiger partial charge in [-0.15, -0.1) is 0 Å². The number of nitrogens with one attached hydrogen (secondary N) is 1. The first-order chi connectivity index (χ1) is 12.5. The monoisotopic (exact) mass is 365 g/mol. The molecule has 2 aliphatic heterocycles. The van der Waals surface area contributed by atoms with Crippen LogP contribution < -0.4 is 5.32 Å². The minimum Gasteiger partial charge on any atom is -0.457 e. The minimum atomic E-state index is -0.787. The molecule has 2 aliphatic rings. The average Bonchev–Trinajstić information content (AvgIpc) is 2.63. The van der Waals surface area contributed by atoms with Gasteiger partial charge in [-0.25, -0.2) is 0 Å². The fourth-order valence-corrected chi connectivity index (χ4v) is 3.27. The molecule has 0 bridgehead atoms. The van der Waals surface area contributed by atoms with Gasteiger partial charge in [-0.3, -0.25) is 9.59 Å². The molecule has 0 aromatic heterocycles. The summed E-state index contributed by atoms with van der Waals surface area (Å²) in [6, 6.07) is 8.75. The van der Waals surface area contributed by atoms with Gasteiger partial charge in [-0.1, -0.05) is 30.3 Å². The zero-order chi connectivity index (χ0) is 18.7. The predicted molar refractivity (Wildman–Crippen MR) is 88.8 cm³/mol. The van der Waals surface area contributed by atoms with Crippen LogP contribution in [0.15, 0.2) is 30.3 Å². The maximum absolute atomic E-state index is 11.7. The highest BCUT2D eigenvalue weighted by molar-refractivity contribution is 5.73. The van der Waals surface area contributed by atoms with Gasteiger partial charge in [0, 0.05) is 26.5 Å². The lowest BCUT2D eigenvalue weighted by molar-refractivity contribution is -0.341. The zero-order valence-electron chi connectivity index (χ0n) is 14.9. The number of hydrogen-bond donors (Lipinski definition) is 1. The van der Waals surface area contributed by atoms with Crippen molar-refractivity contribution in [1.82, 2.24) is 5.32 Å². The third-order valence-corrected chi connectivity index (χ3v) is 4.31. The number of methoxy groups -OCH3 is 1. The molecule has 1 unspecified atom stereocenters. The van der Waals surface area contributed by atoms with Gasteiger partial charge in [0.05, 0.1) is 6.61 Å². The van der Waals surface area contributed by atoms with Crippen LogP contribution in [0.4, 0.5) is 0 Å². The van der Waals surface area contributed by atoms with Crippen LogP contribution in [0.3, 0.4) is 0 Å². The lowest BCUT2D eigenvalue weighted by Gasteiger charge is -2.48. The van der Waals surface area contributed by atoms with Crippen molar-refractivity contribution in [3.8, 4) is 0 Å². The molecule has 2 heterocycles. The lowest BCUT2D eigenvalue weighted by atomic mass is 9.95. The molecular formula is C18H23NO7. The van der Waals surface area contributed by atoms with E-state index in [1.54, 1.807) is 0 Å². The third kappa shape index (κ3) is 4.04. The van der Waals surface area contributed by atoms with Gasteiger partial charge in [0.2, 0.25) is 5.91 Å². The number of esters is 1. The number of carbonyl (C=O) groups is 2. The van der Waals surface area contributed by atoms with Crippen molar-refractivity contribution in [1.29, 1.82) is 0 Å². The smallest absolute Gasteiger partial charge is 0.303 e. The lowest BCUT2D eigenvalue weighted by Crippen LogP contribution is -2.67. The molecular weight excluding hydrogens is 342 g/mol.